The van der Waals surface area contributed by atoms with Gasteiger partial charge in [0.1, 0.15) is 0 Å². The Kier molecular flexibility index (Phi) is 7.26. The van der Waals surface area contributed by atoms with Gasteiger partial charge in [0.25, 0.3) is 0 Å². The van der Waals surface area contributed by atoms with Crippen molar-refractivity contribution in [2.75, 3.05) is 0 Å². The Labute approximate surface area is 142 Å². The summed E-state index contributed by atoms with van der Waals surface area (Å²) in [5.41, 5.74) is 1.46. The van der Waals surface area contributed by atoms with Gasteiger partial charge in [0, 0.05) is 12.0 Å². The van der Waals surface area contributed by atoms with Gasteiger partial charge in [0.2, 0.25) is 5.16 Å². The van der Waals surface area contributed by atoms with E-state index in [1.54, 1.807) is 0 Å². The average Bonchev–Trinajstić information content (AvgIpc) is 3.00. The van der Waals surface area contributed by atoms with Crippen molar-refractivity contribution in [2.45, 2.75) is 63.4 Å². The molecule has 124 valence electrons. The molecule has 0 bridgehead atoms. The fourth-order valence-corrected chi connectivity index (χ4v) is 2.74. The molecular weight excluding hydrogens is 308 g/mol. The van der Waals surface area contributed by atoms with Crippen LogP contribution in [0.5, 0.6) is 0 Å². The minimum Gasteiger partial charge on any atom is -0.294 e. The molecule has 6 heteroatoms. The summed E-state index contributed by atoms with van der Waals surface area (Å²) >= 11 is 4.19. The molecule has 1 heterocycles. The first-order valence-electron chi connectivity index (χ1n) is 8.33. The summed E-state index contributed by atoms with van der Waals surface area (Å²) in [4.78, 5) is 12.3. The maximum absolute atomic E-state index is 12.3. The third-order valence-corrected chi connectivity index (χ3v) is 4.15. The van der Waals surface area contributed by atoms with Crippen LogP contribution in [0.2, 0.25) is 0 Å². The molecule has 0 N–H and O–H groups in total. The van der Waals surface area contributed by atoms with Gasteiger partial charge in [-0.15, -0.1) is 17.7 Å². The smallest absolute Gasteiger partial charge is 0.211 e. The van der Waals surface area contributed by atoms with Crippen LogP contribution in [0.15, 0.2) is 29.4 Å². The second kappa shape index (κ2) is 9.45. The molecule has 0 fully saturated rings. The number of aromatic nitrogens is 4. The Bertz CT molecular complexity index is 627. The number of carbonyl (C=O) groups is 1. The first-order chi connectivity index (χ1) is 11.2. The molecule has 1 aromatic carbocycles. The molecule has 0 saturated heterocycles. The third-order valence-electron chi connectivity index (χ3n) is 3.87. The number of hydrogen-bond acceptors (Lipinski definition) is 5. The lowest BCUT2D eigenvalue weighted by molar-refractivity contribution is 0.0979. The summed E-state index contributed by atoms with van der Waals surface area (Å²) in [5.74, 6) is 0.175. The summed E-state index contributed by atoms with van der Waals surface area (Å²) in [7, 11) is 0. The van der Waals surface area contributed by atoms with Crippen LogP contribution in [-0.2, 0) is 0 Å². The second-order valence-corrected chi connectivity index (χ2v) is 6.14. The van der Waals surface area contributed by atoms with Gasteiger partial charge in [-0.2, -0.15) is 4.68 Å². The minimum absolute atomic E-state index is 0.175. The van der Waals surface area contributed by atoms with Gasteiger partial charge in [-0.3, -0.25) is 4.79 Å². The van der Waals surface area contributed by atoms with E-state index in [-0.39, 0.29) is 5.78 Å². The normalized spacial score (nSPS) is 10.9. The Balaban J connectivity index is 1.82. The topological polar surface area (TPSA) is 60.7 Å². The second-order valence-electron chi connectivity index (χ2n) is 5.74. The van der Waals surface area contributed by atoms with Gasteiger partial charge in [0.15, 0.2) is 5.78 Å². The summed E-state index contributed by atoms with van der Waals surface area (Å²) < 4.78 is 1.51. The molecule has 0 radical (unpaired) electrons. The molecule has 0 aliphatic heterocycles. The predicted octanol–water partition coefficient (Wildman–Crippen LogP) is 4.27. The van der Waals surface area contributed by atoms with E-state index in [9.17, 15) is 4.79 Å². The lowest BCUT2D eigenvalue weighted by Gasteiger charge is -2.05. The zero-order chi connectivity index (χ0) is 16.5. The van der Waals surface area contributed by atoms with Crippen LogP contribution in [0.4, 0.5) is 0 Å². The highest BCUT2D eigenvalue weighted by atomic mass is 32.1. The molecule has 0 saturated carbocycles. The van der Waals surface area contributed by atoms with Gasteiger partial charge < -0.3 is 0 Å². The number of unbranched alkanes of at least 4 members (excludes halogenated alkanes) is 6. The quantitative estimate of drug-likeness (QED) is 0.401. The molecule has 23 heavy (non-hydrogen) atoms. The van der Waals surface area contributed by atoms with Crippen LogP contribution < -0.4 is 0 Å². The average molecular weight is 332 g/mol. The number of rotatable bonds is 10. The van der Waals surface area contributed by atoms with E-state index >= 15 is 0 Å². The number of thiol groups is 1. The van der Waals surface area contributed by atoms with Crippen molar-refractivity contribution in [3.05, 3.63) is 29.8 Å². The van der Waals surface area contributed by atoms with Gasteiger partial charge in [-0.05, 0) is 29.0 Å². The van der Waals surface area contributed by atoms with Gasteiger partial charge in [0.05, 0.1) is 5.69 Å². The number of tetrazole rings is 1. The molecule has 0 aliphatic rings. The van der Waals surface area contributed by atoms with Gasteiger partial charge in [-0.25, -0.2) is 0 Å². The van der Waals surface area contributed by atoms with E-state index in [1.807, 2.05) is 24.3 Å². The van der Waals surface area contributed by atoms with Crippen molar-refractivity contribution in [2.24, 2.45) is 0 Å². The van der Waals surface area contributed by atoms with Crippen molar-refractivity contribution < 1.29 is 4.79 Å². The highest BCUT2D eigenvalue weighted by molar-refractivity contribution is 7.80. The van der Waals surface area contributed by atoms with Crippen molar-refractivity contribution in [3.63, 3.8) is 0 Å². The largest absolute Gasteiger partial charge is 0.294 e. The molecule has 0 spiro atoms. The number of carbonyl (C=O) groups excluding carboxylic acids is 1. The van der Waals surface area contributed by atoms with Gasteiger partial charge in [-0.1, -0.05) is 57.6 Å². The van der Waals surface area contributed by atoms with Crippen LogP contribution in [0, 0.1) is 0 Å². The molecule has 2 rings (SSSR count). The Morgan fingerprint density at radius 3 is 2.57 bits per heavy atom. The molecule has 1 aromatic heterocycles. The van der Waals surface area contributed by atoms with Crippen LogP contribution in [0.1, 0.15) is 68.6 Å². The number of hydrogen-bond donors (Lipinski definition) is 1. The molecule has 0 amide bonds. The van der Waals surface area contributed by atoms with Crippen molar-refractivity contribution in [1.82, 2.24) is 20.2 Å². The maximum atomic E-state index is 12.3. The monoisotopic (exact) mass is 332 g/mol. The summed E-state index contributed by atoms with van der Waals surface area (Å²) in [5, 5.41) is 11.6. The Morgan fingerprint density at radius 2 is 1.87 bits per heavy atom. The lowest BCUT2D eigenvalue weighted by atomic mass is 10.0. The lowest BCUT2D eigenvalue weighted by Crippen LogP contribution is -2.03. The zero-order valence-electron chi connectivity index (χ0n) is 13.6. The van der Waals surface area contributed by atoms with E-state index in [2.05, 4.69) is 35.1 Å². The summed E-state index contributed by atoms with van der Waals surface area (Å²) in [6.45, 7) is 2.22. The molecular formula is C17H24N4OS. The first-order valence-corrected chi connectivity index (χ1v) is 8.78. The van der Waals surface area contributed by atoms with E-state index in [1.165, 1.54) is 36.8 Å². The molecule has 0 atom stereocenters. The molecule has 0 unspecified atom stereocenters. The minimum atomic E-state index is 0.175. The van der Waals surface area contributed by atoms with E-state index < -0.39 is 0 Å². The van der Waals surface area contributed by atoms with E-state index in [4.69, 9.17) is 0 Å². The van der Waals surface area contributed by atoms with Crippen molar-refractivity contribution >= 4 is 18.4 Å². The highest BCUT2D eigenvalue weighted by Crippen LogP contribution is 2.16. The number of ketones is 1. The molecule has 0 aliphatic carbocycles. The SMILES string of the molecule is CCCCCCCCCC(=O)c1cccc(-n2nnnc2S)c1. The third kappa shape index (κ3) is 5.46. The molecule has 5 nitrogen and oxygen atoms in total. The van der Waals surface area contributed by atoms with Crippen LogP contribution in [-0.4, -0.2) is 26.0 Å². The summed E-state index contributed by atoms with van der Waals surface area (Å²) in [6, 6.07) is 7.37. The van der Waals surface area contributed by atoms with Crippen molar-refractivity contribution in [3.8, 4) is 5.69 Å². The standard InChI is InChI=1S/C17H24N4OS/c1-2-3-4-5-6-7-8-12-16(22)14-10-9-11-15(13-14)21-17(23)18-19-20-21/h9-11,13H,2-8,12H2,1H3,(H,18,20,23). The van der Waals surface area contributed by atoms with Crippen LogP contribution >= 0.6 is 12.6 Å². The van der Waals surface area contributed by atoms with Crippen LogP contribution in [0.25, 0.3) is 5.69 Å². The number of Topliss-reactive ketones (excluding diaryl/α,β-unsaturated/α-hetero) is 1. The highest BCUT2D eigenvalue weighted by Gasteiger charge is 2.09. The Morgan fingerprint density at radius 1 is 1.13 bits per heavy atom. The van der Waals surface area contributed by atoms with E-state index in [0.29, 0.717) is 17.1 Å². The van der Waals surface area contributed by atoms with E-state index in [0.717, 1.165) is 18.5 Å². The van der Waals surface area contributed by atoms with Crippen molar-refractivity contribution in [1.29, 1.82) is 0 Å². The fourth-order valence-electron chi connectivity index (χ4n) is 2.55. The Hall–Kier alpha value is -1.69. The summed E-state index contributed by atoms with van der Waals surface area (Å²) in [6.07, 6.45) is 9.08. The number of nitrogens with zero attached hydrogens (tertiary/aromatic N) is 4. The van der Waals surface area contributed by atoms with Crippen LogP contribution in [0.3, 0.4) is 0 Å². The van der Waals surface area contributed by atoms with Gasteiger partial charge >= 0.3 is 0 Å². The number of benzene rings is 1. The predicted molar refractivity (Wildman–Crippen MR) is 93.3 cm³/mol. The fraction of sp³-hybridized carbons (Fsp3) is 0.529. The first kappa shape index (κ1) is 17.7. The maximum Gasteiger partial charge on any atom is 0.211 e. The molecule has 2 aromatic rings. The zero-order valence-corrected chi connectivity index (χ0v) is 14.5.